The predicted molar refractivity (Wildman–Crippen MR) is 61.1 cm³/mol. The number of hydrogen-bond donors (Lipinski definition) is 1. The molecule has 0 aromatic rings. The van der Waals surface area contributed by atoms with Crippen molar-refractivity contribution in [2.24, 2.45) is 5.73 Å². The Morgan fingerprint density at radius 2 is 2.12 bits per heavy atom. The molecule has 1 aliphatic rings. The fraction of sp³-hybridized carbons (Fsp3) is 0.909. The van der Waals surface area contributed by atoms with E-state index in [2.05, 4.69) is 0 Å². The molecule has 1 saturated heterocycles. The van der Waals surface area contributed by atoms with E-state index < -0.39 is 0 Å². The average Bonchev–Trinajstić information content (AvgIpc) is 2.30. The first kappa shape index (κ1) is 13.4. The van der Waals surface area contributed by atoms with Crippen LogP contribution in [0.1, 0.15) is 20.3 Å². The predicted octanol–water partition coefficient (Wildman–Crippen LogP) is -0.0108. The van der Waals surface area contributed by atoms with Gasteiger partial charge in [-0.05, 0) is 13.3 Å². The Labute approximate surface area is 96.9 Å². The molecule has 94 valence electrons. The number of amides is 1. The molecule has 0 aliphatic carbocycles. The topological polar surface area (TPSA) is 64.8 Å². The molecule has 0 saturated carbocycles. The molecule has 5 nitrogen and oxygen atoms in total. The van der Waals surface area contributed by atoms with Gasteiger partial charge in [0.05, 0.1) is 19.8 Å². The third kappa shape index (κ3) is 4.47. The zero-order valence-corrected chi connectivity index (χ0v) is 10.2. The van der Waals surface area contributed by atoms with Crippen molar-refractivity contribution in [1.29, 1.82) is 0 Å². The van der Waals surface area contributed by atoms with Crippen LogP contribution in [0.5, 0.6) is 0 Å². The first-order valence-electron chi connectivity index (χ1n) is 5.77. The summed E-state index contributed by atoms with van der Waals surface area (Å²) in [6.45, 7) is 7.03. The summed E-state index contributed by atoms with van der Waals surface area (Å²) in [6, 6.07) is 0. The highest BCUT2D eigenvalue weighted by molar-refractivity contribution is 5.77. The van der Waals surface area contributed by atoms with Gasteiger partial charge in [-0.25, -0.2) is 0 Å². The molecular weight excluding hydrogens is 208 g/mol. The molecule has 0 aromatic carbocycles. The molecule has 0 spiro atoms. The molecule has 1 unspecified atom stereocenters. The van der Waals surface area contributed by atoms with Crippen LogP contribution in [0.2, 0.25) is 0 Å². The van der Waals surface area contributed by atoms with E-state index in [1.54, 1.807) is 4.90 Å². The third-order valence-electron chi connectivity index (χ3n) is 2.83. The number of morpholine rings is 1. The quantitative estimate of drug-likeness (QED) is 0.721. The van der Waals surface area contributed by atoms with E-state index in [-0.39, 0.29) is 18.1 Å². The standard InChI is InChI=1S/C11H22N2O3/c1-3-11(2,12)9-16-8-10(14)13-4-6-15-7-5-13/h3-9,12H2,1-2H3. The Morgan fingerprint density at radius 3 is 2.69 bits per heavy atom. The van der Waals surface area contributed by atoms with Gasteiger partial charge >= 0.3 is 0 Å². The maximum Gasteiger partial charge on any atom is 0.248 e. The Hall–Kier alpha value is -0.650. The van der Waals surface area contributed by atoms with Gasteiger partial charge in [-0.3, -0.25) is 4.79 Å². The smallest absolute Gasteiger partial charge is 0.248 e. The lowest BCUT2D eigenvalue weighted by molar-refractivity contribution is -0.140. The molecule has 1 rings (SSSR count). The summed E-state index contributed by atoms with van der Waals surface area (Å²) < 4.78 is 10.5. The molecule has 1 aliphatic heterocycles. The lowest BCUT2D eigenvalue weighted by Crippen LogP contribution is -2.44. The lowest BCUT2D eigenvalue weighted by Gasteiger charge is -2.28. The SMILES string of the molecule is CCC(C)(N)COCC(=O)N1CCOCC1. The number of nitrogens with two attached hydrogens (primary N) is 1. The number of carbonyl (C=O) groups excluding carboxylic acids is 1. The van der Waals surface area contributed by atoms with Crippen molar-refractivity contribution in [3.63, 3.8) is 0 Å². The molecule has 0 bridgehead atoms. The summed E-state index contributed by atoms with van der Waals surface area (Å²) in [6.07, 6.45) is 0.832. The summed E-state index contributed by atoms with van der Waals surface area (Å²) in [7, 11) is 0. The fourth-order valence-corrected chi connectivity index (χ4v) is 1.38. The third-order valence-corrected chi connectivity index (χ3v) is 2.83. The van der Waals surface area contributed by atoms with E-state index in [0.717, 1.165) is 6.42 Å². The van der Waals surface area contributed by atoms with Crippen LogP contribution in [-0.4, -0.2) is 55.9 Å². The second-order valence-electron chi connectivity index (χ2n) is 4.49. The minimum Gasteiger partial charge on any atom is -0.378 e. The molecule has 16 heavy (non-hydrogen) atoms. The van der Waals surface area contributed by atoms with Gasteiger partial charge in [-0.2, -0.15) is 0 Å². The molecule has 1 amide bonds. The van der Waals surface area contributed by atoms with E-state index in [1.165, 1.54) is 0 Å². The zero-order chi connectivity index (χ0) is 12.0. The number of ether oxygens (including phenoxy) is 2. The second-order valence-corrected chi connectivity index (χ2v) is 4.49. The van der Waals surface area contributed by atoms with Gasteiger partial charge in [0.25, 0.3) is 0 Å². The van der Waals surface area contributed by atoms with Crippen molar-refractivity contribution in [2.45, 2.75) is 25.8 Å². The number of hydrogen-bond acceptors (Lipinski definition) is 4. The second kappa shape index (κ2) is 6.18. The van der Waals surface area contributed by atoms with Crippen molar-refractivity contribution in [3.05, 3.63) is 0 Å². The highest BCUT2D eigenvalue weighted by atomic mass is 16.5. The Balaban J connectivity index is 2.19. The van der Waals surface area contributed by atoms with Crippen LogP contribution >= 0.6 is 0 Å². The number of nitrogens with zero attached hydrogens (tertiary/aromatic N) is 1. The van der Waals surface area contributed by atoms with Crippen LogP contribution in [0, 0.1) is 0 Å². The van der Waals surface area contributed by atoms with Crippen molar-refractivity contribution in [1.82, 2.24) is 4.90 Å². The van der Waals surface area contributed by atoms with E-state index in [4.69, 9.17) is 15.2 Å². The van der Waals surface area contributed by atoms with E-state index in [1.807, 2.05) is 13.8 Å². The highest BCUT2D eigenvalue weighted by Gasteiger charge is 2.19. The minimum absolute atomic E-state index is 0.0233. The van der Waals surface area contributed by atoms with Gasteiger partial charge in [0.1, 0.15) is 6.61 Å². The van der Waals surface area contributed by atoms with Crippen LogP contribution in [-0.2, 0) is 14.3 Å². The summed E-state index contributed by atoms with van der Waals surface area (Å²) in [5.74, 6) is 0.0233. The van der Waals surface area contributed by atoms with Crippen molar-refractivity contribution < 1.29 is 14.3 Å². The molecule has 1 fully saturated rings. The molecule has 1 heterocycles. The van der Waals surface area contributed by atoms with E-state index in [9.17, 15) is 4.79 Å². The first-order chi connectivity index (χ1) is 7.55. The molecule has 2 N–H and O–H groups in total. The summed E-state index contributed by atoms with van der Waals surface area (Å²) >= 11 is 0. The maximum atomic E-state index is 11.7. The largest absolute Gasteiger partial charge is 0.378 e. The summed E-state index contributed by atoms with van der Waals surface area (Å²) in [5.41, 5.74) is 5.57. The summed E-state index contributed by atoms with van der Waals surface area (Å²) in [5, 5.41) is 0. The van der Waals surface area contributed by atoms with Gasteiger partial charge in [0.15, 0.2) is 0 Å². The average molecular weight is 230 g/mol. The monoisotopic (exact) mass is 230 g/mol. The Bertz CT molecular complexity index is 225. The molecule has 0 aromatic heterocycles. The van der Waals surface area contributed by atoms with Crippen LogP contribution in [0.3, 0.4) is 0 Å². The van der Waals surface area contributed by atoms with Gasteiger partial charge in [0, 0.05) is 18.6 Å². The fourth-order valence-electron chi connectivity index (χ4n) is 1.38. The number of carbonyl (C=O) groups is 1. The normalized spacial score (nSPS) is 20.6. The first-order valence-corrected chi connectivity index (χ1v) is 5.77. The van der Waals surface area contributed by atoms with E-state index >= 15 is 0 Å². The van der Waals surface area contributed by atoms with Crippen molar-refractivity contribution >= 4 is 5.91 Å². The molecule has 0 radical (unpaired) electrons. The lowest BCUT2D eigenvalue weighted by atomic mass is 10.0. The van der Waals surface area contributed by atoms with Crippen LogP contribution in [0.4, 0.5) is 0 Å². The molecule has 5 heteroatoms. The molecular formula is C11H22N2O3. The van der Waals surface area contributed by atoms with Gasteiger partial charge in [-0.15, -0.1) is 0 Å². The Morgan fingerprint density at radius 1 is 1.50 bits per heavy atom. The van der Waals surface area contributed by atoms with E-state index in [0.29, 0.717) is 32.9 Å². The van der Waals surface area contributed by atoms with Crippen molar-refractivity contribution in [3.8, 4) is 0 Å². The summed E-state index contributed by atoms with van der Waals surface area (Å²) in [4.78, 5) is 13.4. The highest BCUT2D eigenvalue weighted by Crippen LogP contribution is 2.05. The molecule has 1 atom stereocenters. The van der Waals surface area contributed by atoms with Crippen LogP contribution in [0.25, 0.3) is 0 Å². The maximum absolute atomic E-state index is 11.7. The number of rotatable bonds is 5. The van der Waals surface area contributed by atoms with Crippen LogP contribution < -0.4 is 5.73 Å². The Kier molecular flexibility index (Phi) is 5.18. The van der Waals surface area contributed by atoms with Gasteiger partial charge < -0.3 is 20.1 Å². The van der Waals surface area contributed by atoms with Gasteiger partial charge in [-0.1, -0.05) is 6.92 Å². The minimum atomic E-state index is -0.342. The zero-order valence-electron chi connectivity index (χ0n) is 10.2. The van der Waals surface area contributed by atoms with Crippen LogP contribution in [0.15, 0.2) is 0 Å². The van der Waals surface area contributed by atoms with Gasteiger partial charge in [0.2, 0.25) is 5.91 Å². The van der Waals surface area contributed by atoms with Crippen molar-refractivity contribution in [2.75, 3.05) is 39.5 Å².